The summed E-state index contributed by atoms with van der Waals surface area (Å²) >= 11 is 0. The van der Waals surface area contributed by atoms with Crippen LogP contribution in [0.1, 0.15) is 145 Å². The first-order chi connectivity index (χ1) is 17.1. The molecule has 0 unspecified atom stereocenters. The second-order valence-corrected chi connectivity index (χ2v) is 8.33. The molecule has 2 aromatic carbocycles. The molecule has 212 valence electrons. The second-order valence-electron chi connectivity index (χ2n) is 8.33. The van der Waals surface area contributed by atoms with Gasteiger partial charge in [0, 0.05) is 11.1 Å². The van der Waals surface area contributed by atoms with Crippen LogP contribution in [0.5, 0.6) is 5.75 Å². The molecule has 0 spiro atoms. The van der Waals surface area contributed by atoms with Gasteiger partial charge in [0.25, 0.3) is 0 Å². The van der Waals surface area contributed by atoms with E-state index in [1.807, 2.05) is 74.5 Å². The van der Waals surface area contributed by atoms with E-state index in [2.05, 4.69) is 98.4 Å². The monoisotopic (exact) mass is 503 g/mol. The molecule has 2 rings (SSSR count). The second kappa shape index (κ2) is 31.0. The van der Waals surface area contributed by atoms with Crippen LogP contribution in [-0.2, 0) is 5.41 Å². The van der Waals surface area contributed by atoms with E-state index in [9.17, 15) is 0 Å². The Morgan fingerprint density at radius 1 is 0.778 bits per heavy atom. The van der Waals surface area contributed by atoms with Crippen molar-refractivity contribution in [2.75, 3.05) is 6.61 Å². The first-order valence-corrected chi connectivity index (χ1v) is 14.6. The third kappa shape index (κ3) is 21.3. The van der Waals surface area contributed by atoms with E-state index in [0.717, 1.165) is 11.3 Å². The third-order valence-electron chi connectivity index (χ3n) is 4.17. The van der Waals surface area contributed by atoms with Crippen molar-refractivity contribution in [3.8, 4) is 5.75 Å². The van der Waals surface area contributed by atoms with Crippen molar-refractivity contribution < 1.29 is 4.74 Å². The molecule has 0 radical (unpaired) electrons. The Morgan fingerprint density at radius 3 is 1.53 bits per heavy atom. The summed E-state index contributed by atoms with van der Waals surface area (Å²) in [5.74, 6) is 1.63. The highest BCUT2D eigenvalue weighted by Crippen LogP contribution is 2.34. The Morgan fingerprint density at radius 2 is 1.22 bits per heavy atom. The molecule has 0 aliphatic carbocycles. The van der Waals surface area contributed by atoms with E-state index in [-0.39, 0.29) is 5.41 Å². The van der Waals surface area contributed by atoms with E-state index in [0.29, 0.717) is 12.5 Å². The molecule has 1 nitrogen and oxygen atoms in total. The highest BCUT2D eigenvalue weighted by molar-refractivity contribution is 5.59. The number of benzene rings is 2. The fraction of sp³-hybridized carbons (Fsp3) is 0.600. The van der Waals surface area contributed by atoms with Crippen molar-refractivity contribution in [1.82, 2.24) is 0 Å². The van der Waals surface area contributed by atoms with Crippen LogP contribution in [0.15, 0.2) is 49.0 Å². The average molecular weight is 503 g/mol. The summed E-state index contributed by atoms with van der Waals surface area (Å²) in [5.41, 5.74) is 5.27. The average Bonchev–Trinajstić information content (AvgIpc) is 2.89. The molecule has 0 N–H and O–H groups in total. The maximum atomic E-state index is 5.71. The summed E-state index contributed by atoms with van der Waals surface area (Å²) < 4.78 is 5.71. The number of aryl methyl sites for hydroxylation is 1. The van der Waals surface area contributed by atoms with Crippen LogP contribution in [0.4, 0.5) is 0 Å². The zero-order chi connectivity index (χ0) is 29.7. The predicted octanol–water partition coefficient (Wildman–Crippen LogP) is 12.7. The summed E-state index contributed by atoms with van der Waals surface area (Å²) in [6, 6.07) is 14.8. The van der Waals surface area contributed by atoms with Crippen molar-refractivity contribution >= 4 is 6.08 Å². The zero-order valence-electron chi connectivity index (χ0n) is 27.7. The SMILES string of the molecule is C=Cc1cccc(C(C)(C)C)c1OCC.CC.CC.CC.CC.CCC.Cc1ccccc1C(C)C. The lowest BCUT2D eigenvalue weighted by atomic mass is 9.85. The van der Waals surface area contributed by atoms with E-state index >= 15 is 0 Å². The van der Waals surface area contributed by atoms with E-state index in [1.165, 1.54) is 23.1 Å². The Balaban J connectivity index is -0.000000132. The smallest absolute Gasteiger partial charge is 0.130 e. The molecule has 0 atom stereocenters. The lowest BCUT2D eigenvalue weighted by Crippen LogP contribution is -2.14. The first kappa shape index (κ1) is 44.0. The van der Waals surface area contributed by atoms with Crippen LogP contribution < -0.4 is 4.74 Å². The minimum absolute atomic E-state index is 0.101. The van der Waals surface area contributed by atoms with Crippen molar-refractivity contribution in [2.24, 2.45) is 0 Å². The quantitative estimate of drug-likeness (QED) is 0.404. The van der Waals surface area contributed by atoms with Gasteiger partial charge < -0.3 is 4.74 Å². The molecular formula is C35H66O. The normalized spacial score (nSPS) is 8.72. The van der Waals surface area contributed by atoms with Gasteiger partial charge in [0.2, 0.25) is 0 Å². The number of rotatable bonds is 4. The van der Waals surface area contributed by atoms with Crippen LogP contribution in [-0.4, -0.2) is 6.61 Å². The number of ether oxygens (including phenoxy) is 1. The standard InChI is InChI=1S/C14H20O.C10H14.C3H8.4C2H6/c1-6-11-9-8-10-12(14(3,4)5)13(11)15-7-2;1-8(2)10-7-5-4-6-9(10)3;1-3-2;4*1-2/h6,8-10H,1,7H2,2-5H3;4-8H,1-3H3;3H2,1-2H3;4*1-2H3. The van der Waals surface area contributed by atoms with Crippen LogP contribution in [0.3, 0.4) is 0 Å². The molecule has 1 heteroatoms. The van der Waals surface area contributed by atoms with Crippen LogP contribution in [0.25, 0.3) is 6.08 Å². The van der Waals surface area contributed by atoms with Gasteiger partial charge in [-0.1, -0.05) is 165 Å². The molecular weight excluding hydrogens is 436 g/mol. The molecule has 0 aliphatic rings. The first-order valence-electron chi connectivity index (χ1n) is 14.6. The van der Waals surface area contributed by atoms with Gasteiger partial charge >= 0.3 is 0 Å². The Labute approximate surface area is 229 Å². The van der Waals surface area contributed by atoms with Crippen LogP contribution in [0.2, 0.25) is 0 Å². The summed E-state index contributed by atoms with van der Waals surface area (Å²) in [7, 11) is 0. The molecule has 0 saturated carbocycles. The minimum atomic E-state index is 0.101. The zero-order valence-corrected chi connectivity index (χ0v) is 27.7. The maximum Gasteiger partial charge on any atom is 0.130 e. The molecule has 0 fully saturated rings. The van der Waals surface area contributed by atoms with Gasteiger partial charge in [-0.2, -0.15) is 0 Å². The van der Waals surface area contributed by atoms with Gasteiger partial charge in [-0.3, -0.25) is 0 Å². The Bertz CT molecular complexity index is 690. The summed E-state index contributed by atoms with van der Waals surface area (Å²) in [6.45, 7) is 39.9. The molecule has 0 amide bonds. The van der Waals surface area contributed by atoms with Gasteiger partial charge in [0.15, 0.2) is 0 Å². The van der Waals surface area contributed by atoms with Gasteiger partial charge in [-0.15, -0.1) is 0 Å². The highest BCUT2D eigenvalue weighted by Gasteiger charge is 2.20. The summed E-state index contributed by atoms with van der Waals surface area (Å²) in [6.07, 6.45) is 3.10. The predicted molar refractivity (Wildman–Crippen MR) is 173 cm³/mol. The van der Waals surface area contributed by atoms with Crippen molar-refractivity contribution in [3.05, 3.63) is 71.3 Å². The van der Waals surface area contributed by atoms with Crippen LogP contribution in [0, 0.1) is 6.92 Å². The molecule has 0 heterocycles. The van der Waals surface area contributed by atoms with E-state index in [1.54, 1.807) is 0 Å². The van der Waals surface area contributed by atoms with E-state index < -0.39 is 0 Å². The molecule has 36 heavy (non-hydrogen) atoms. The minimum Gasteiger partial charge on any atom is -0.493 e. The van der Waals surface area contributed by atoms with Crippen LogP contribution >= 0.6 is 0 Å². The number of para-hydroxylation sites is 1. The molecule has 0 saturated heterocycles. The Kier molecular flexibility index (Phi) is 37.9. The lowest BCUT2D eigenvalue weighted by Gasteiger charge is -2.23. The van der Waals surface area contributed by atoms with Gasteiger partial charge in [-0.25, -0.2) is 0 Å². The Hall–Kier alpha value is -2.02. The summed E-state index contributed by atoms with van der Waals surface area (Å²) in [5, 5.41) is 0. The fourth-order valence-corrected chi connectivity index (χ4v) is 2.85. The number of hydrogen-bond donors (Lipinski definition) is 0. The van der Waals surface area contributed by atoms with Crippen molar-refractivity contribution in [3.63, 3.8) is 0 Å². The fourth-order valence-electron chi connectivity index (χ4n) is 2.85. The van der Waals surface area contributed by atoms with Crippen molar-refractivity contribution in [1.29, 1.82) is 0 Å². The molecule has 2 aromatic rings. The van der Waals surface area contributed by atoms with Crippen molar-refractivity contribution in [2.45, 2.75) is 135 Å². The topological polar surface area (TPSA) is 9.23 Å². The third-order valence-corrected chi connectivity index (χ3v) is 4.17. The lowest BCUT2D eigenvalue weighted by molar-refractivity contribution is 0.329. The maximum absolute atomic E-state index is 5.71. The number of hydrogen-bond acceptors (Lipinski definition) is 1. The molecule has 0 aliphatic heterocycles. The molecule has 0 aromatic heterocycles. The highest BCUT2D eigenvalue weighted by atomic mass is 16.5. The molecule has 0 bridgehead atoms. The summed E-state index contributed by atoms with van der Waals surface area (Å²) in [4.78, 5) is 0. The van der Waals surface area contributed by atoms with Gasteiger partial charge in [0.1, 0.15) is 5.75 Å². The van der Waals surface area contributed by atoms with E-state index in [4.69, 9.17) is 4.74 Å². The largest absolute Gasteiger partial charge is 0.493 e. The van der Waals surface area contributed by atoms with Gasteiger partial charge in [0.05, 0.1) is 6.61 Å². The van der Waals surface area contributed by atoms with Gasteiger partial charge in [-0.05, 0) is 36.3 Å².